The number of hydrogen-bond acceptors (Lipinski definition) is 3. The number of carboxylic acids is 1. The molecule has 3 atom stereocenters. The molecule has 1 aliphatic rings. The van der Waals surface area contributed by atoms with E-state index in [1.54, 1.807) is 12.1 Å². The number of methoxy groups -OCH3 is 1. The first-order valence-electron chi connectivity index (χ1n) is 8.34. The van der Waals surface area contributed by atoms with Crippen molar-refractivity contribution in [1.82, 2.24) is 5.32 Å². The molecular weight excluding hydrogens is 354 g/mol. The topological polar surface area (TPSA) is 75.6 Å². The Morgan fingerprint density at radius 1 is 1.27 bits per heavy atom. The molecule has 136 valence electrons. The Morgan fingerprint density at radius 3 is 2.62 bits per heavy atom. The second-order valence-electron chi connectivity index (χ2n) is 6.48. The van der Waals surface area contributed by atoms with Crippen molar-refractivity contribution in [3.8, 4) is 5.75 Å². The van der Waals surface area contributed by atoms with Crippen LogP contribution in [-0.2, 0) is 9.59 Å². The summed E-state index contributed by atoms with van der Waals surface area (Å²) in [7, 11) is 1.48. The highest BCUT2D eigenvalue weighted by atomic mass is 35.5. The number of hydrogen-bond donors (Lipinski definition) is 2. The van der Waals surface area contributed by atoms with Gasteiger partial charge in [-0.3, -0.25) is 4.79 Å². The van der Waals surface area contributed by atoms with Crippen molar-refractivity contribution >= 4 is 23.5 Å². The number of benzene rings is 2. The summed E-state index contributed by atoms with van der Waals surface area (Å²) < 4.78 is 5.08. The van der Waals surface area contributed by atoms with Gasteiger partial charge >= 0.3 is 5.97 Å². The predicted molar refractivity (Wildman–Crippen MR) is 98.6 cm³/mol. The molecule has 1 aliphatic carbocycles. The quantitative estimate of drug-likeness (QED) is 0.809. The van der Waals surface area contributed by atoms with E-state index in [9.17, 15) is 14.7 Å². The minimum Gasteiger partial charge on any atom is -0.495 e. The van der Waals surface area contributed by atoms with Crippen LogP contribution in [0.25, 0.3) is 0 Å². The van der Waals surface area contributed by atoms with E-state index in [1.807, 2.05) is 31.2 Å². The Hall–Kier alpha value is -2.53. The Balaban J connectivity index is 1.73. The maximum Gasteiger partial charge on any atom is 0.330 e. The molecule has 2 aromatic rings. The number of aliphatic carboxylic acids is 1. The fraction of sp³-hybridized carbons (Fsp3) is 0.300. The molecule has 3 rings (SSSR count). The summed E-state index contributed by atoms with van der Waals surface area (Å²) in [6.45, 7) is 2.02. The minimum absolute atomic E-state index is 0.144. The molecule has 1 fully saturated rings. The van der Waals surface area contributed by atoms with Crippen LogP contribution >= 0.6 is 11.6 Å². The zero-order chi connectivity index (χ0) is 18.8. The Morgan fingerprint density at radius 2 is 2.00 bits per heavy atom. The smallest absolute Gasteiger partial charge is 0.330 e. The van der Waals surface area contributed by atoms with E-state index < -0.39 is 12.0 Å². The third-order valence-electron chi connectivity index (χ3n) is 4.76. The zero-order valence-electron chi connectivity index (χ0n) is 14.5. The van der Waals surface area contributed by atoms with Crippen molar-refractivity contribution in [3.05, 3.63) is 64.2 Å². The fourth-order valence-corrected chi connectivity index (χ4v) is 3.50. The molecule has 1 amide bonds. The van der Waals surface area contributed by atoms with E-state index in [4.69, 9.17) is 16.3 Å². The van der Waals surface area contributed by atoms with Crippen molar-refractivity contribution in [2.24, 2.45) is 5.92 Å². The van der Waals surface area contributed by atoms with Gasteiger partial charge in [-0.25, -0.2) is 4.79 Å². The van der Waals surface area contributed by atoms with Gasteiger partial charge in [-0.05, 0) is 48.1 Å². The van der Waals surface area contributed by atoms with Crippen molar-refractivity contribution in [2.75, 3.05) is 7.11 Å². The number of halogens is 1. The highest BCUT2D eigenvalue weighted by molar-refractivity contribution is 6.32. The van der Waals surface area contributed by atoms with Gasteiger partial charge in [-0.1, -0.05) is 41.9 Å². The Labute approximate surface area is 156 Å². The van der Waals surface area contributed by atoms with E-state index >= 15 is 0 Å². The van der Waals surface area contributed by atoms with Crippen LogP contribution in [0.1, 0.15) is 35.1 Å². The molecule has 2 aromatic carbocycles. The van der Waals surface area contributed by atoms with Crippen molar-refractivity contribution < 1.29 is 19.4 Å². The maximum atomic E-state index is 12.6. The molecule has 0 bridgehead atoms. The molecule has 0 spiro atoms. The molecule has 0 radical (unpaired) electrons. The average Bonchev–Trinajstić information content (AvgIpc) is 3.40. The standard InChI is InChI=1S/C20H20ClNO4/c1-11-5-3-4-6-13(11)14-10-15(14)19(23)22-18(20(24)25)12-7-8-17(26-2)16(21)9-12/h3-9,14-15,18H,10H2,1-2H3,(H,22,23)(H,24,25). The van der Waals surface area contributed by atoms with Gasteiger partial charge in [0.25, 0.3) is 0 Å². The van der Waals surface area contributed by atoms with Gasteiger partial charge in [0.2, 0.25) is 5.91 Å². The van der Waals surface area contributed by atoms with Crippen LogP contribution in [0.15, 0.2) is 42.5 Å². The minimum atomic E-state index is -1.15. The van der Waals surface area contributed by atoms with E-state index in [0.717, 1.165) is 17.5 Å². The second-order valence-corrected chi connectivity index (χ2v) is 6.89. The lowest BCUT2D eigenvalue weighted by atomic mass is 10.0. The lowest BCUT2D eigenvalue weighted by molar-refractivity contribution is -0.142. The van der Waals surface area contributed by atoms with Crippen LogP contribution in [0, 0.1) is 12.8 Å². The highest BCUT2D eigenvalue weighted by Gasteiger charge is 2.45. The summed E-state index contributed by atoms with van der Waals surface area (Å²) in [6, 6.07) is 11.5. The highest BCUT2D eigenvalue weighted by Crippen LogP contribution is 2.48. The first-order chi connectivity index (χ1) is 12.4. The van der Waals surface area contributed by atoms with Gasteiger partial charge in [-0.2, -0.15) is 0 Å². The SMILES string of the molecule is COc1ccc(C(NC(=O)C2CC2c2ccccc2C)C(=O)O)cc1Cl. The van der Waals surface area contributed by atoms with Crippen molar-refractivity contribution in [3.63, 3.8) is 0 Å². The maximum absolute atomic E-state index is 12.6. The molecule has 0 saturated heterocycles. The molecule has 3 unspecified atom stereocenters. The van der Waals surface area contributed by atoms with E-state index in [2.05, 4.69) is 5.32 Å². The fourth-order valence-electron chi connectivity index (χ4n) is 3.23. The van der Waals surface area contributed by atoms with E-state index in [1.165, 1.54) is 13.2 Å². The number of carbonyl (C=O) groups excluding carboxylic acids is 1. The summed E-state index contributed by atoms with van der Waals surface area (Å²) in [5.74, 6) is -0.991. The number of ether oxygens (including phenoxy) is 1. The van der Waals surface area contributed by atoms with Crippen LogP contribution < -0.4 is 10.1 Å². The van der Waals surface area contributed by atoms with Crippen LogP contribution in [0.2, 0.25) is 5.02 Å². The predicted octanol–water partition coefficient (Wildman–Crippen LogP) is 3.70. The lowest BCUT2D eigenvalue weighted by Gasteiger charge is -2.16. The van der Waals surface area contributed by atoms with Gasteiger partial charge in [0.15, 0.2) is 6.04 Å². The number of carbonyl (C=O) groups is 2. The molecule has 26 heavy (non-hydrogen) atoms. The molecule has 0 aliphatic heterocycles. The molecule has 6 heteroatoms. The first-order valence-corrected chi connectivity index (χ1v) is 8.72. The summed E-state index contributed by atoms with van der Waals surface area (Å²) in [4.78, 5) is 24.2. The lowest BCUT2D eigenvalue weighted by Crippen LogP contribution is -2.35. The van der Waals surface area contributed by atoms with Gasteiger partial charge in [0.05, 0.1) is 12.1 Å². The first kappa shape index (κ1) is 18.3. The number of nitrogens with one attached hydrogen (secondary N) is 1. The van der Waals surface area contributed by atoms with Gasteiger partial charge in [0, 0.05) is 5.92 Å². The molecule has 5 nitrogen and oxygen atoms in total. The van der Waals surface area contributed by atoms with Crippen molar-refractivity contribution in [2.45, 2.75) is 25.3 Å². The average molecular weight is 374 g/mol. The summed E-state index contributed by atoms with van der Waals surface area (Å²) in [5.41, 5.74) is 2.70. The van der Waals surface area contributed by atoms with Crippen LogP contribution in [0.3, 0.4) is 0 Å². The monoisotopic (exact) mass is 373 g/mol. The molecule has 2 N–H and O–H groups in total. The molecule has 0 aromatic heterocycles. The van der Waals surface area contributed by atoms with Crippen LogP contribution in [-0.4, -0.2) is 24.1 Å². The summed E-state index contributed by atoms with van der Waals surface area (Å²) in [5, 5.41) is 12.5. The summed E-state index contributed by atoms with van der Waals surface area (Å²) >= 11 is 6.08. The zero-order valence-corrected chi connectivity index (χ0v) is 15.3. The summed E-state index contributed by atoms with van der Waals surface area (Å²) in [6.07, 6.45) is 0.729. The van der Waals surface area contributed by atoms with Gasteiger partial charge < -0.3 is 15.2 Å². The normalized spacial score (nSPS) is 19.5. The second kappa shape index (κ2) is 7.38. The van der Waals surface area contributed by atoms with Gasteiger partial charge in [-0.15, -0.1) is 0 Å². The van der Waals surface area contributed by atoms with Gasteiger partial charge in [0.1, 0.15) is 5.75 Å². The molecule has 1 saturated carbocycles. The Bertz CT molecular complexity index is 851. The third-order valence-corrected chi connectivity index (χ3v) is 5.05. The number of carboxylic acid groups (broad SMARTS) is 1. The molecular formula is C20H20ClNO4. The van der Waals surface area contributed by atoms with E-state index in [0.29, 0.717) is 16.3 Å². The van der Waals surface area contributed by atoms with Crippen LogP contribution in [0.4, 0.5) is 0 Å². The van der Waals surface area contributed by atoms with Crippen molar-refractivity contribution in [1.29, 1.82) is 0 Å². The number of aryl methyl sites for hydroxylation is 1. The van der Waals surface area contributed by atoms with Crippen LogP contribution in [0.5, 0.6) is 5.75 Å². The van der Waals surface area contributed by atoms with E-state index in [-0.39, 0.29) is 17.7 Å². The number of amides is 1. The largest absolute Gasteiger partial charge is 0.495 e. The third kappa shape index (κ3) is 3.68. The molecule has 0 heterocycles. The Kier molecular flexibility index (Phi) is 5.18. The number of rotatable bonds is 6.